The molecule has 0 aromatic carbocycles. The molecule has 0 saturated carbocycles. The predicted molar refractivity (Wildman–Crippen MR) is 127 cm³/mol. The van der Waals surface area contributed by atoms with E-state index in [1.807, 2.05) is 0 Å². The van der Waals surface area contributed by atoms with Gasteiger partial charge in [-0.25, -0.2) is 4.79 Å². The third kappa shape index (κ3) is 22.1. The zero-order valence-electron chi connectivity index (χ0n) is 20.6. The van der Waals surface area contributed by atoms with E-state index in [-0.39, 0.29) is 12.6 Å². The molecule has 0 aliphatic rings. The maximum Gasteiger partial charge on any atom is 0.332 e. The second kappa shape index (κ2) is 24.7. The molecule has 0 bridgehead atoms. The predicted octanol–water partition coefficient (Wildman–Crippen LogP) is 7.48. The molecule has 0 heterocycles. The summed E-state index contributed by atoms with van der Waals surface area (Å²) in [4.78, 5) is 11.8. The maximum absolute atomic E-state index is 11.8. The Balaban J connectivity index is 3.95. The quantitative estimate of drug-likeness (QED) is 0.118. The summed E-state index contributed by atoms with van der Waals surface area (Å²) in [6.07, 6.45) is 22.6. The minimum Gasteiger partial charge on any atom is -0.464 e. The first-order valence-electron chi connectivity index (χ1n) is 13.0. The third-order valence-electron chi connectivity index (χ3n) is 5.87. The van der Waals surface area contributed by atoms with Gasteiger partial charge in [-0.15, -0.1) is 0 Å². The highest BCUT2D eigenvalue weighted by Gasteiger charge is 2.11. The average molecular weight is 429 g/mol. The van der Waals surface area contributed by atoms with Gasteiger partial charge in [0.1, 0.15) is 6.61 Å². The largest absolute Gasteiger partial charge is 0.464 e. The molecule has 0 saturated heterocycles. The summed E-state index contributed by atoms with van der Waals surface area (Å²) in [7, 11) is 1.62. The number of methoxy groups -OCH3 is 1. The van der Waals surface area contributed by atoms with Crippen molar-refractivity contribution in [1.29, 1.82) is 0 Å². The van der Waals surface area contributed by atoms with E-state index in [4.69, 9.17) is 14.2 Å². The molecule has 0 fully saturated rings. The molecular formula is C26H52O4. The van der Waals surface area contributed by atoms with E-state index in [2.05, 4.69) is 13.8 Å². The van der Waals surface area contributed by atoms with Crippen molar-refractivity contribution in [3.63, 3.8) is 0 Å². The fraction of sp³-hybridized carbons (Fsp3) is 0.962. The molecule has 0 aliphatic heterocycles. The van der Waals surface area contributed by atoms with Gasteiger partial charge < -0.3 is 14.2 Å². The van der Waals surface area contributed by atoms with Crippen LogP contribution in [0.1, 0.15) is 123 Å². The normalized spacial score (nSPS) is 12.2. The highest BCUT2D eigenvalue weighted by atomic mass is 16.6. The minimum absolute atomic E-state index is 0.0312. The molecule has 0 radical (unpaired) electrons. The average Bonchev–Trinajstić information content (AvgIpc) is 2.75. The lowest BCUT2D eigenvalue weighted by atomic mass is 9.91. The fourth-order valence-corrected chi connectivity index (χ4v) is 3.89. The van der Waals surface area contributed by atoms with Crippen molar-refractivity contribution in [3.05, 3.63) is 0 Å². The molecule has 4 nitrogen and oxygen atoms in total. The number of ether oxygens (including phenoxy) is 3. The number of rotatable bonds is 24. The summed E-state index contributed by atoms with van der Waals surface area (Å²) in [6, 6.07) is 0. The van der Waals surface area contributed by atoms with Crippen LogP contribution in [0.2, 0.25) is 0 Å². The van der Waals surface area contributed by atoms with Gasteiger partial charge in [-0.3, -0.25) is 0 Å². The number of carbonyl (C=O) groups excluding carboxylic acids is 1. The molecule has 1 unspecified atom stereocenters. The molecule has 0 spiro atoms. The Hall–Kier alpha value is -0.610. The van der Waals surface area contributed by atoms with Gasteiger partial charge >= 0.3 is 5.97 Å². The molecule has 30 heavy (non-hydrogen) atoms. The minimum atomic E-state index is -0.253. The summed E-state index contributed by atoms with van der Waals surface area (Å²) in [6.45, 7) is 6.05. The van der Waals surface area contributed by atoms with Crippen LogP contribution in [0.5, 0.6) is 0 Å². The van der Waals surface area contributed by atoms with Crippen LogP contribution in [0.15, 0.2) is 0 Å². The Morgan fingerprint density at radius 3 is 1.63 bits per heavy atom. The summed E-state index contributed by atoms with van der Waals surface area (Å²) in [5, 5.41) is 0. The van der Waals surface area contributed by atoms with Crippen LogP contribution in [0.25, 0.3) is 0 Å². The number of carbonyl (C=O) groups is 1. The number of unbranched alkanes of at least 4 members (excludes halogenated alkanes) is 12. The van der Waals surface area contributed by atoms with Crippen molar-refractivity contribution in [2.45, 2.75) is 123 Å². The molecule has 1 atom stereocenters. The van der Waals surface area contributed by atoms with E-state index in [0.717, 1.165) is 6.42 Å². The molecule has 0 amide bonds. The first-order valence-corrected chi connectivity index (χ1v) is 13.0. The molecular weight excluding hydrogens is 376 g/mol. The van der Waals surface area contributed by atoms with Crippen LogP contribution in [0, 0.1) is 5.92 Å². The Bertz CT molecular complexity index is 346. The van der Waals surface area contributed by atoms with E-state index < -0.39 is 0 Å². The van der Waals surface area contributed by atoms with Crippen LogP contribution in [0.4, 0.5) is 0 Å². The van der Waals surface area contributed by atoms with E-state index in [9.17, 15) is 4.79 Å². The molecule has 180 valence electrons. The first kappa shape index (κ1) is 29.4. The molecule has 0 aromatic rings. The smallest absolute Gasteiger partial charge is 0.332 e. The number of hydrogen-bond acceptors (Lipinski definition) is 4. The van der Waals surface area contributed by atoms with Crippen LogP contribution in [0.3, 0.4) is 0 Å². The van der Waals surface area contributed by atoms with Crippen molar-refractivity contribution in [2.75, 3.05) is 33.5 Å². The lowest BCUT2D eigenvalue weighted by Crippen LogP contribution is -2.16. The number of hydrogen-bond donors (Lipinski definition) is 0. The van der Waals surface area contributed by atoms with Crippen LogP contribution in [-0.2, 0) is 19.0 Å². The Kier molecular flexibility index (Phi) is 24.2. The highest BCUT2D eigenvalue weighted by molar-refractivity contribution is 5.70. The molecule has 0 aromatic heterocycles. The highest BCUT2D eigenvalue weighted by Crippen LogP contribution is 2.22. The maximum atomic E-state index is 11.8. The van der Waals surface area contributed by atoms with Crippen molar-refractivity contribution < 1.29 is 19.0 Å². The summed E-state index contributed by atoms with van der Waals surface area (Å²) >= 11 is 0. The molecule has 4 heteroatoms. The third-order valence-corrected chi connectivity index (χ3v) is 5.87. The zero-order chi connectivity index (χ0) is 22.1. The van der Waals surface area contributed by atoms with Gasteiger partial charge in [-0.1, -0.05) is 117 Å². The van der Waals surface area contributed by atoms with Gasteiger partial charge in [0, 0.05) is 7.11 Å². The van der Waals surface area contributed by atoms with Gasteiger partial charge in [-0.2, -0.15) is 0 Å². The fourth-order valence-electron chi connectivity index (χ4n) is 3.89. The van der Waals surface area contributed by atoms with E-state index in [1.165, 1.54) is 103 Å². The van der Waals surface area contributed by atoms with E-state index in [1.54, 1.807) is 7.11 Å². The lowest BCUT2D eigenvalue weighted by Gasteiger charge is -2.17. The summed E-state index contributed by atoms with van der Waals surface area (Å²) in [5.74, 6) is 0.440. The second-order valence-corrected chi connectivity index (χ2v) is 8.74. The van der Waals surface area contributed by atoms with Crippen molar-refractivity contribution >= 4 is 5.97 Å². The van der Waals surface area contributed by atoms with Crippen LogP contribution >= 0.6 is 0 Å². The standard InChI is InChI=1S/C26H52O4/c1-4-6-8-10-12-13-15-17-19-25(18-16-14-11-9-7-5-2)20-21-30-26(27)24-29-23-22-28-3/h25H,4-24H2,1-3H3. The monoisotopic (exact) mass is 428 g/mol. The van der Waals surface area contributed by atoms with Crippen molar-refractivity contribution in [1.82, 2.24) is 0 Å². The molecule has 0 rings (SSSR count). The Morgan fingerprint density at radius 2 is 1.13 bits per heavy atom. The van der Waals surface area contributed by atoms with Crippen molar-refractivity contribution in [2.24, 2.45) is 5.92 Å². The van der Waals surface area contributed by atoms with Crippen LogP contribution in [-0.4, -0.2) is 39.5 Å². The number of esters is 1. The topological polar surface area (TPSA) is 44.8 Å². The summed E-state index contributed by atoms with van der Waals surface area (Å²) < 4.78 is 15.5. The Morgan fingerprint density at radius 1 is 0.633 bits per heavy atom. The van der Waals surface area contributed by atoms with E-state index in [0.29, 0.717) is 25.7 Å². The van der Waals surface area contributed by atoms with Gasteiger partial charge in [-0.05, 0) is 12.3 Å². The van der Waals surface area contributed by atoms with Gasteiger partial charge in [0.05, 0.1) is 19.8 Å². The first-order chi connectivity index (χ1) is 14.7. The SMILES string of the molecule is CCCCCCCCCCC(CCCCCCCC)CCOC(=O)COCCOC. The second-order valence-electron chi connectivity index (χ2n) is 8.74. The molecule has 0 aliphatic carbocycles. The lowest BCUT2D eigenvalue weighted by molar-refractivity contribution is -0.149. The van der Waals surface area contributed by atoms with Gasteiger partial charge in [0.15, 0.2) is 0 Å². The summed E-state index contributed by atoms with van der Waals surface area (Å²) in [5.41, 5.74) is 0. The van der Waals surface area contributed by atoms with Gasteiger partial charge in [0.2, 0.25) is 0 Å². The molecule has 0 N–H and O–H groups in total. The van der Waals surface area contributed by atoms with E-state index >= 15 is 0 Å². The van der Waals surface area contributed by atoms with Gasteiger partial charge in [0.25, 0.3) is 0 Å². The van der Waals surface area contributed by atoms with Crippen molar-refractivity contribution in [3.8, 4) is 0 Å². The van der Waals surface area contributed by atoms with Crippen LogP contribution < -0.4 is 0 Å². The zero-order valence-corrected chi connectivity index (χ0v) is 20.6. The Labute approximate surface area is 187 Å².